The Morgan fingerprint density at radius 2 is 2.15 bits per heavy atom. The third kappa shape index (κ3) is 2.25. The van der Waals surface area contributed by atoms with Crippen LogP contribution >= 0.6 is 0 Å². The van der Waals surface area contributed by atoms with Crippen molar-refractivity contribution in [3.8, 4) is 5.88 Å². The monoisotopic (exact) mass is 352 g/mol. The SMILES string of the molecule is Cc1[nH]c2cccc3c2c1C[C@@H]1[C@@H]3CC(Cn2cc(O)[nH]c2=O)CN1C. The molecule has 0 spiro atoms. The van der Waals surface area contributed by atoms with Gasteiger partial charge >= 0.3 is 5.69 Å². The summed E-state index contributed by atoms with van der Waals surface area (Å²) < 4.78 is 1.60. The van der Waals surface area contributed by atoms with Crippen molar-refractivity contribution in [3.05, 3.63) is 51.7 Å². The Labute approximate surface area is 151 Å². The van der Waals surface area contributed by atoms with Crippen LogP contribution < -0.4 is 5.69 Å². The van der Waals surface area contributed by atoms with Gasteiger partial charge in [0, 0.05) is 41.6 Å². The zero-order chi connectivity index (χ0) is 18.0. The second-order valence-corrected chi connectivity index (χ2v) is 8.01. The van der Waals surface area contributed by atoms with Crippen LogP contribution in [0.2, 0.25) is 0 Å². The van der Waals surface area contributed by atoms with E-state index in [-0.39, 0.29) is 11.6 Å². The van der Waals surface area contributed by atoms with Crippen molar-refractivity contribution in [3.63, 3.8) is 0 Å². The molecule has 26 heavy (non-hydrogen) atoms. The highest BCUT2D eigenvalue weighted by molar-refractivity contribution is 5.89. The molecule has 2 aromatic heterocycles. The smallest absolute Gasteiger partial charge is 0.328 e. The summed E-state index contributed by atoms with van der Waals surface area (Å²) in [5, 5.41) is 10.9. The Bertz CT molecular complexity index is 1040. The van der Waals surface area contributed by atoms with Crippen LogP contribution in [0, 0.1) is 12.8 Å². The second kappa shape index (κ2) is 5.51. The summed E-state index contributed by atoms with van der Waals surface area (Å²) in [5.41, 5.74) is 5.20. The molecular weight excluding hydrogens is 328 g/mol. The molecule has 1 unspecified atom stereocenters. The Morgan fingerprint density at radius 3 is 2.92 bits per heavy atom. The number of likely N-dealkylation sites (tertiary alicyclic amines) is 1. The molecule has 1 saturated heterocycles. The number of likely N-dealkylation sites (N-methyl/N-ethyl adjacent to an activating group) is 1. The Hall–Kier alpha value is -2.47. The number of hydrogen-bond acceptors (Lipinski definition) is 3. The maximum Gasteiger partial charge on any atom is 0.328 e. The topological polar surface area (TPSA) is 77.0 Å². The molecule has 0 saturated carbocycles. The molecule has 3 heterocycles. The lowest BCUT2D eigenvalue weighted by atomic mass is 9.72. The number of aromatic amines is 2. The molecule has 0 bridgehead atoms. The van der Waals surface area contributed by atoms with Crippen molar-refractivity contribution in [2.75, 3.05) is 13.6 Å². The van der Waals surface area contributed by atoms with E-state index in [9.17, 15) is 9.90 Å². The van der Waals surface area contributed by atoms with Gasteiger partial charge in [-0.05, 0) is 49.9 Å². The zero-order valence-corrected chi connectivity index (χ0v) is 15.1. The maximum absolute atomic E-state index is 11.9. The van der Waals surface area contributed by atoms with Gasteiger partial charge in [0.05, 0.1) is 6.20 Å². The largest absolute Gasteiger partial charge is 0.493 e. The molecule has 1 fully saturated rings. The quantitative estimate of drug-likeness (QED) is 0.662. The van der Waals surface area contributed by atoms with Crippen LogP contribution in [0.4, 0.5) is 0 Å². The molecule has 6 heteroatoms. The van der Waals surface area contributed by atoms with Crippen molar-refractivity contribution in [2.45, 2.75) is 38.3 Å². The number of nitrogens with zero attached hydrogens (tertiary/aromatic N) is 2. The fourth-order valence-electron chi connectivity index (χ4n) is 5.29. The number of hydrogen-bond donors (Lipinski definition) is 3. The lowest BCUT2D eigenvalue weighted by Gasteiger charge is -2.45. The van der Waals surface area contributed by atoms with Crippen LogP contribution in [0.1, 0.15) is 29.2 Å². The normalized spacial score (nSPS) is 25.5. The highest BCUT2D eigenvalue weighted by Crippen LogP contribution is 2.45. The molecule has 6 nitrogen and oxygen atoms in total. The van der Waals surface area contributed by atoms with Gasteiger partial charge in [0.25, 0.3) is 0 Å². The van der Waals surface area contributed by atoms with Crippen LogP contribution in [0.3, 0.4) is 0 Å². The van der Waals surface area contributed by atoms with Crippen molar-refractivity contribution >= 4 is 10.9 Å². The van der Waals surface area contributed by atoms with Crippen molar-refractivity contribution < 1.29 is 5.11 Å². The predicted molar refractivity (Wildman–Crippen MR) is 101 cm³/mol. The first-order valence-corrected chi connectivity index (χ1v) is 9.30. The second-order valence-electron chi connectivity index (χ2n) is 8.01. The molecule has 0 radical (unpaired) electrons. The number of aryl methyl sites for hydroxylation is 1. The number of H-pyrrole nitrogens is 2. The van der Waals surface area contributed by atoms with Crippen LogP contribution in [0.5, 0.6) is 5.88 Å². The van der Waals surface area contributed by atoms with Gasteiger partial charge in [-0.2, -0.15) is 0 Å². The maximum atomic E-state index is 11.9. The Balaban J connectivity index is 1.52. The summed E-state index contributed by atoms with van der Waals surface area (Å²) >= 11 is 0. The number of benzene rings is 1. The first-order chi connectivity index (χ1) is 12.5. The average Bonchev–Trinajstić information content (AvgIpc) is 3.08. The number of piperidine rings is 1. The van der Waals surface area contributed by atoms with Gasteiger partial charge < -0.3 is 15.0 Å². The van der Waals surface area contributed by atoms with Crippen molar-refractivity contribution in [1.82, 2.24) is 19.4 Å². The van der Waals surface area contributed by atoms with Gasteiger partial charge in [-0.25, -0.2) is 4.79 Å². The van der Waals surface area contributed by atoms with E-state index < -0.39 is 0 Å². The van der Waals surface area contributed by atoms with E-state index >= 15 is 0 Å². The molecule has 3 aromatic rings. The molecule has 1 aromatic carbocycles. The molecular formula is C20H24N4O2. The number of imidazole rings is 1. The van der Waals surface area contributed by atoms with Crippen LogP contribution in [0.15, 0.2) is 29.2 Å². The number of aromatic hydroxyl groups is 1. The molecule has 1 aliphatic heterocycles. The fourth-order valence-corrected chi connectivity index (χ4v) is 5.29. The minimum absolute atomic E-state index is 0.0630. The summed E-state index contributed by atoms with van der Waals surface area (Å²) in [6.07, 6.45) is 3.65. The Kier molecular flexibility index (Phi) is 3.34. The summed E-state index contributed by atoms with van der Waals surface area (Å²) in [5.74, 6) is 0.798. The lowest BCUT2D eigenvalue weighted by Crippen LogP contribution is -2.49. The van der Waals surface area contributed by atoms with E-state index in [2.05, 4.69) is 47.0 Å². The highest BCUT2D eigenvalue weighted by atomic mass is 16.3. The van der Waals surface area contributed by atoms with Crippen LogP contribution in [-0.2, 0) is 13.0 Å². The fraction of sp³-hybridized carbons (Fsp3) is 0.450. The van der Waals surface area contributed by atoms with E-state index in [1.807, 2.05) is 0 Å². The first-order valence-electron chi connectivity index (χ1n) is 9.30. The zero-order valence-electron chi connectivity index (χ0n) is 15.1. The summed E-state index contributed by atoms with van der Waals surface area (Å²) in [7, 11) is 2.20. The average molecular weight is 352 g/mol. The first kappa shape index (κ1) is 15.8. The molecule has 3 N–H and O–H groups in total. The minimum atomic E-state index is -0.235. The van der Waals surface area contributed by atoms with E-state index in [0.29, 0.717) is 24.4 Å². The molecule has 0 amide bonds. The van der Waals surface area contributed by atoms with Crippen LogP contribution in [-0.4, -0.2) is 44.2 Å². The van der Waals surface area contributed by atoms with Crippen molar-refractivity contribution in [1.29, 1.82) is 0 Å². The molecule has 3 atom stereocenters. The summed E-state index contributed by atoms with van der Waals surface area (Å²) in [6, 6.07) is 7.11. The van der Waals surface area contributed by atoms with E-state index in [0.717, 1.165) is 19.4 Å². The van der Waals surface area contributed by atoms with E-state index in [1.54, 1.807) is 4.57 Å². The van der Waals surface area contributed by atoms with Gasteiger partial charge in [-0.15, -0.1) is 0 Å². The highest BCUT2D eigenvalue weighted by Gasteiger charge is 2.40. The van der Waals surface area contributed by atoms with E-state index in [1.165, 1.54) is 33.9 Å². The molecule has 136 valence electrons. The Morgan fingerprint density at radius 1 is 1.31 bits per heavy atom. The third-order valence-electron chi connectivity index (χ3n) is 6.38. The molecule has 2 aliphatic rings. The van der Waals surface area contributed by atoms with Gasteiger partial charge in [-0.1, -0.05) is 12.1 Å². The minimum Gasteiger partial charge on any atom is -0.493 e. The van der Waals surface area contributed by atoms with Gasteiger partial charge in [0.1, 0.15) is 0 Å². The standard InChI is InChI=1S/C20H24N4O2/c1-11-14-7-17-15(13-4-3-5-16(21-11)19(13)14)6-12(8-23(17)2)9-24-10-18(25)22-20(24)26/h3-5,10,12,15,17,21,25H,6-9H2,1-2H3,(H,22,26)/t12?,15-,17-/m1/s1. The van der Waals surface area contributed by atoms with Gasteiger partial charge in [-0.3, -0.25) is 9.55 Å². The van der Waals surface area contributed by atoms with Crippen LogP contribution in [0.25, 0.3) is 10.9 Å². The number of aromatic nitrogens is 3. The number of nitrogens with one attached hydrogen (secondary N) is 2. The lowest BCUT2D eigenvalue weighted by molar-refractivity contribution is 0.103. The number of fused-ring (bicyclic) bond motifs is 2. The van der Waals surface area contributed by atoms with Gasteiger partial charge in [0.15, 0.2) is 0 Å². The predicted octanol–water partition coefficient (Wildman–Crippen LogP) is 2.33. The number of rotatable bonds is 2. The summed E-state index contributed by atoms with van der Waals surface area (Å²) in [4.78, 5) is 20.4. The molecule has 1 aliphatic carbocycles. The van der Waals surface area contributed by atoms with Crippen molar-refractivity contribution in [2.24, 2.45) is 5.92 Å². The van der Waals surface area contributed by atoms with E-state index in [4.69, 9.17) is 0 Å². The van der Waals surface area contributed by atoms with Gasteiger partial charge in [0.2, 0.25) is 5.88 Å². The summed E-state index contributed by atoms with van der Waals surface area (Å²) in [6.45, 7) is 3.78. The molecule has 5 rings (SSSR count). The third-order valence-corrected chi connectivity index (χ3v) is 6.38.